The van der Waals surface area contributed by atoms with Crippen molar-refractivity contribution in [3.05, 3.63) is 41.0 Å². The molecule has 0 bridgehead atoms. The summed E-state index contributed by atoms with van der Waals surface area (Å²) in [5.41, 5.74) is 5.72. The molecule has 0 radical (unpaired) electrons. The molecule has 2 aromatic rings. The van der Waals surface area contributed by atoms with Crippen molar-refractivity contribution in [3.63, 3.8) is 0 Å². The summed E-state index contributed by atoms with van der Waals surface area (Å²) in [6.45, 7) is 1.86. The van der Waals surface area contributed by atoms with Gasteiger partial charge in [0.1, 0.15) is 0 Å². The Hall–Kier alpha value is -1.69. The first kappa shape index (κ1) is 11.8. The van der Waals surface area contributed by atoms with E-state index >= 15 is 0 Å². The average molecular weight is 295 g/mol. The monoisotopic (exact) mass is 294 g/mol. The quantitative estimate of drug-likeness (QED) is 0.941. The molecule has 1 atom stereocenters. The maximum absolute atomic E-state index is 5.72. The van der Waals surface area contributed by atoms with E-state index in [1.165, 1.54) is 0 Å². The van der Waals surface area contributed by atoms with E-state index in [0.29, 0.717) is 17.4 Å². The molecule has 0 spiro atoms. The summed E-state index contributed by atoms with van der Waals surface area (Å²) in [5, 5.41) is 0. The molecule has 0 aliphatic carbocycles. The van der Waals surface area contributed by atoms with Gasteiger partial charge >= 0.3 is 0 Å². The van der Waals surface area contributed by atoms with Gasteiger partial charge in [0.2, 0.25) is 0 Å². The summed E-state index contributed by atoms with van der Waals surface area (Å²) in [4.78, 5) is 12.2. The summed E-state index contributed by atoms with van der Waals surface area (Å²) >= 11 is 3.31. The second-order valence-electron chi connectivity index (χ2n) is 3.40. The molecule has 2 heterocycles. The van der Waals surface area contributed by atoms with Gasteiger partial charge in [-0.3, -0.25) is 0 Å². The van der Waals surface area contributed by atoms with Gasteiger partial charge in [0.15, 0.2) is 23.5 Å². The molecule has 0 saturated heterocycles. The lowest BCUT2D eigenvalue weighted by Crippen LogP contribution is -2.09. The maximum Gasteiger partial charge on any atom is 0.168 e. The fraction of sp³-hybridized carbons (Fsp3) is 0.182. The minimum absolute atomic E-state index is 0.283. The Morgan fingerprint density at radius 2 is 2.00 bits per heavy atom. The zero-order valence-corrected chi connectivity index (χ0v) is 10.8. The van der Waals surface area contributed by atoms with E-state index in [2.05, 4.69) is 30.9 Å². The zero-order chi connectivity index (χ0) is 12.3. The summed E-state index contributed by atoms with van der Waals surface area (Å²) in [6, 6.07) is 3.52. The first-order chi connectivity index (χ1) is 8.16. The van der Waals surface area contributed by atoms with E-state index in [-0.39, 0.29) is 6.10 Å². The van der Waals surface area contributed by atoms with Crippen LogP contribution in [0.25, 0.3) is 0 Å². The number of anilines is 1. The predicted octanol–water partition coefficient (Wildman–Crippen LogP) is 2.36. The van der Waals surface area contributed by atoms with Crippen LogP contribution in [0.5, 0.6) is 5.75 Å². The van der Waals surface area contributed by atoms with E-state index in [9.17, 15) is 0 Å². The van der Waals surface area contributed by atoms with Crippen molar-refractivity contribution in [2.24, 2.45) is 0 Å². The Labute approximate surface area is 107 Å². The van der Waals surface area contributed by atoms with Crippen LogP contribution in [0.4, 0.5) is 5.82 Å². The number of nitrogens with two attached hydrogens (primary N) is 1. The summed E-state index contributed by atoms with van der Waals surface area (Å²) in [6.07, 6.45) is 4.68. The van der Waals surface area contributed by atoms with Gasteiger partial charge in [0.05, 0.1) is 0 Å². The third-order valence-electron chi connectivity index (χ3n) is 2.10. The lowest BCUT2D eigenvalue weighted by Gasteiger charge is -2.14. The minimum Gasteiger partial charge on any atom is -0.479 e. The van der Waals surface area contributed by atoms with Crippen LogP contribution in [-0.2, 0) is 0 Å². The van der Waals surface area contributed by atoms with E-state index in [0.717, 1.165) is 4.47 Å². The van der Waals surface area contributed by atoms with Crippen LogP contribution in [0.1, 0.15) is 18.9 Å². The SMILES string of the molecule is C[C@@H](Oc1cc(Br)cnc1N)c1ncccn1. The Morgan fingerprint density at radius 1 is 1.29 bits per heavy atom. The zero-order valence-electron chi connectivity index (χ0n) is 9.17. The molecule has 0 fully saturated rings. The number of nitrogen functional groups attached to an aromatic ring is 1. The van der Waals surface area contributed by atoms with Gasteiger partial charge in [-0.2, -0.15) is 0 Å². The maximum atomic E-state index is 5.72. The number of hydrogen-bond donors (Lipinski definition) is 1. The molecule has 2 aromatic heterocycles. The van der Waals surface area contributed by atoms with Crippen molar-refractivity contribution >= 4 is 21.7 Å². The fourth-order valence-corrected chi connectivity index (χ4v) is 1.60. The number of nitrogens with zero attached hydrogens (tertiary/aromatic N) is 3. The topological polar surface area (TPSA) is 73.9 Å². The average Bonchev–Trinajstić information content (AvgIpc) is 2.35. The molecule has 0 amide bonds. The van der Waals surface area contributed by atoms with Gasteiger partial charge in [-0.15, -0.1) is 0 Å². The van der Waals surface area contributed by atoms with Crippen molar-refractivity contribution < 1.29 is 4.74 Å². The third kappa shape index (κ3) is 2.91. The molecule has 17 heavy (non-hydrogen) atoms. The summed E-state index contributed by atoms with van der Waals surface area (Å²) < 4.78 is 6.48. The van der Waals surface area contributed by atoms with E-state index in [1.54, 1.807) is 30.7 Å². The predicted molar refractivity (Wildman–Crippen MR) is 67.4 cm³/mol. The molecule has 0 aliphatic rings. The summed E-state index contributed by atoms with van der Waals surface area (Å²) in [5.74, 6) is 1.46. The highest BCUT2D eigenvalue weighted by Gasteiger charge is 2.12. The molecule has 6 heteroatoms. The Balaban J connectivity index is 2.18. The highest BCUT2D eigenvalue weighted by atomic mass is 79.9. The standard InChI is InChI=1S/C11H11BrN4O/c1-7(11-14-3-2-4-15-11)17-9-5-8(12)6-16-10(9)13/h2-7H,1H3,(H2,13,16)/t7-/m1/s1. The van der Waals surface area contributed by atoms with Gasteiger partial charge in [0, 0.05) is 23.1 Å². The van der Waals surface area contributed by atoms with Crippen molar-refractivity contribution in [3.8, 4) is 5.75 Å². The lowest BCUT2D eigenvalue weighted by atomic mass is 10.3. The van der Waals surface area contributed by atoms with Crippen LogP contribution in [0, 0.1) is 0 Å². The van der Waals surface area contributed by atoms with Crippen LogP contribution in [0.15, 0.2) is 35.2 Å². The first-order valence-corrected chi connectivity index (χ1v) is 5.80. The number of rotatable bonds is 3. The number of halogens is 1. The van der Waals surface area contributed by atoms with Crippen molar-refractivity contribution in [1.82, 2.24) is 15.0 Å². The fourth-order valence-electron chi connectivity index (χ4n) is 1.29. The second kappa shape index (κ2) is 5.09. The number of ether oxygens (including phenoxy) is 1. The number of aromatic nitrogens is 3. The molecule has 0 saturated carbocycles. The minimum atomic E-state index is -0.283. The molecular formula is C11H11BrN4O. The van der Waals surface area contributed by atoms with Crippen LogP contribution in [0.2, 0.25) is 0 Å². The molecule has 88 valence electrons. The van der Waals surface area contributed by atoms with Crippen molar-refractivity contribution in [2.45, 2.75) is 13.0 Å². The van der Waals surface area contributed by atoms with Crippen LogP contribution in [-0.4, -0.2) is 15.0 Å². The van der Waals surface area contributed by atoms with Crippen LogP contribution in [0.3, 0.4) is 0 Å². The molecule has 0 aromatic carbocycles. The molecule has 5 nitrogen and oxygen atoms in total. The third-order valence-corrected chi connectivity index (χ3v) is 2.54. The van der Waals surface area contributed by atoms with Crippen LogP contribution < -0.4 is 10.5 Å². The van der Waals surface area contributed by atoms with Crippen LogP contribution >= 0.6 is 15.9 Å². The van der Waals surface area contributed by atoms with Crippen molar-refractivity contribution in [1.29, 1.82) is 0 Å². The Kier molecular flexibility index (Phi) is 3.53. The Bertz CT molecular complexity index is 506. The van der Waals surface area contributed by atoms with Gasteiger partial charge in [-0.25, -0.2) is 15.0 Å². The lowest BCUT2D eigenvalue weighted by molar-refractivity contribution is 0.217. The first-order valence-electron chi connectivity index (χ1n) is 5.01. The van der Waals surface area contributed by atoms with E-state index < -0.39 is 0 Å². The normalized spacial score (nSPS) is 12.1. The molecule has 2 rings (SSSR count). The molecule has 0 unspecified atom stereocenters. The summed E-state index contributed by atoms with van der Waals surface area (Å²) in [7, 11) is 0. The molecular weight excluding hydrogens is 284 g/mol. The van der Waals surface area contributed by atoms with E-state index in [1.807, 2.05) is 6.92 Å². The largest absolute Gasteiger partial charge is 0.479 e. The molecule has 2 N–H and O–H groups in total. The number of hydrogen-bond acceptors (Lipinski definition) is 5. The smallest absolute Gasteiger partial charge is 0.168 e. The Morgan fingerprint density at radius 3 is 2.71 bits per heavy atom. The molecule has 0 aliphatic heterocycles. The van der Waals surface area contributed by atoms with Gasteiger partial charge in [-0.05, 0) is 35.0 Å². The second-order valence-corrected chi connectivity index (χ2v) is 4.32. The number of pyridine rings is 1. The van der Waals surface area contributed by atoms with Gasteiger partial charge < -0.3 is 10.5 Å². The van der Waals surface area contributed by atoms with Gasteiger partial charge in [0.25, 0.3) is 0 Å². The van der Waals surface area contributed by atoms with Gasteiger partial charge in [-0.1, -0.05) is 0 Å². The van der Waals surface area contributed by atoms with E-state index in [4.69, 9.17) is 10.5 Å². The highest BCUT2D eigenvalue weighted by molar-refractivity contribution is 9.10. The van der Waals surface area contributed by atoms with Crippen molar-refractivity contribution in [2.75, 3.05) is 5.73 Å². The highest BCUT2D eigenvalue weighted by Crippen LogP contribution is 2.27.